The molecule has 0 saturated heterocycles. The van der Waals surface area contributed by atoms with Crippen LogP contribution in [-0.4, -0.2) is 43.8 Å². The van der Waals surface area contributed by atoms with Gasteiger partial charge in [-0.25, -0.2) is 0 Å². The molecule has 0 fully saturated rings. The molecule has 10 heteroatoms. The number of ether oxygens (including phenoxy) is 4. The van der Waals surface area contributed by atoms with E-state index in [0.29, 0.717) is 34.2 Å². The number of methoxy groups -OCH3 is 4. The lowest BCUT2D eigenvalue weighted by Crippen LogP contribution is -2.13. The van der Waals surface area contributed by atoms with Crippen molar-refractivity contribution in [3.05, 3.63) is 46.9 Å². The second-order valence-corrected chi connectivity index (χ2v) is 8.46. The summed E-state index contributed by atoms with van der Waals surface area (Å²) in [6.45, 7) is 0. The van der Waals surface area contributed by atoms with Gasteiger partial charge in [-0.3, -0.25) is 13.8 Å². The zero-order chi connectivity index (χ0) is 24.4. The maximum Gasteiger partial charge on any atom is 0.224 e. The van der Waals surface area contributed by atoms with Gasteiger partial charge in [-0.15, -0.1) is 0 Å². The molecular weight excluding hydrogens is 470 g/mol. The summed E-state index contributed by atoms with van der Waals surface area (Å²) >= 11 is 5.29. The molecule has 0 spiro atoms. The monoisotopic (exact) mass is 495 g/mol. The van der Waals surface area contributed by atoms with Crippen molar-refractivity contribution in [2.45, 2.75) is 18.6 Å². The first-order chi connectivity index (χ1) is 15.8. The Morgan fingerprint density at radius 1 is 0.939 bits per heavy atom. The normalized spacial score (nSPS) is 11.7. The molecule has 1 N–H and O–H groups in total. The van der Waals surface area contributed by atoms with Gasteiger partial charge in [0.25, 0.3) is 0 Å². The summed E-state index contributed by atoms with van der Waals surface area (Å²) in [5, 5.41) is 3.65. The molecule has 0 radical (unpaired) electrons. The van der Waals surface area contributed by atoms with Gasteiger partial charge in [-0.2, -0.15) is 0 Å². The van der Waals surface area contributed by atoms with Gasteiger partial charge in [0.15, 0.2) is 0 Å². The third-order valence-corrected chi connectivity index (χ3v) is 5.78. The molecule has 1 unspecified atom stereocenters. The highest BCUT2D eigenvalue weighted by molar-refractivity contribution is 7.87. The number of rotatable bonds is 12. The number of carbonyl (C=O) groups is 2. The van der Waals surface area contributed by atoms with Crippen LogP contribution in [0.1, 0.15) is 24.0 Å². The Balaban J connectivity index is 2.18. The molecule has 0 heterocycles. The Morgan fingerprint density at radius 3 is 2.12 bits per heavy atom. The Bertz CT molecular complexity index is 1030. The van der Waals surface area contributed by atoms with Crippen molar-refractivity contribution in [2.24, 2.45) is 0 Å². The lowest BCUT2D eigenvalue weighted by Gasteiger charge is -2.13. The van der Waals surface area contributed by atoms with Gasteiger partial charge in [-0.05, 0) is 35.4 Å². The summed E-state index contributed by atoms with van der Waals surface area (Å²) in [5.41, 5.74) is 1.77. The fourth-order valence-electron chi connectivity index (χ4n) is 2.92. The first-order valence-corrected chi connectivity index (χ1v) is 11.6. The van der Waals surface area contributed by atoms with Crippen molar-refractivity contribution in [3.63, 3.8) is 0 Å². The van der Waals surface area contributed by atoms with Crippen LogP contribution in [0, 0.1) is 0 Å². The maximum absolute atomic E-state index is 12.7. The van der Waals surface area contributed by atoms with Gasteiger partial charge in [0.1, 0.15) is 23.0 Å². The van der Waals surface area contributed by atoms with Crippen molar-refractivity contribution in [2.75, 3.05) is 33.8 Å². The van der Waals surface area contributed by atoms with Crippen molar-refractivity contribution in [1.29, 1.82) is 0 Å². The van der Waals surface area contributed by atoms with Crippen LogP contribution in [0.4, 0.5) is 5.69 Å². The minimum Gasteiger partial charge on any atom is -0.496 e. The third kappa shape index (κ3) is 7.80. The molecule has 178 valence electrons. The summed E-state index contributed by atoms with van der Waals surface area (Å²) in [5.74, 6) is 1.88. The molecular formula is C23H26ClNO7S. The standard InChI is InChI=1S/C23H26ClNO7S/c1-29-16-12-20(31-3)17(21(13-16)32-4)9-10-33(28)14-15-5-6-19(30-2)18(11-15)25-23(27)8-7-22(24)26/h5-6,9-13H,7-8,14H2,1-4H3,(H,25,27)/b10-9+. The molecule has 33 heavy (non-hydrogen) atoms. The summed E-state index contributed by atoms with van der Waals surface area (Å²) in [4.78, 5) is 22.9. The quantitative estimate of drug-likeness (QED) is 0.442. The highest BCUT2D eigenvalue weighted by Crippen LogP contribution is 2.35. The number of carbonyl (C=O) groups excluding carboxylic acids is 2. The second-order valence-electron chi connectivity index (χ2n) is 6.71. The van der Waals surface area contributed by atoms with Crippen LogP contribution < -0.4 is 24.3 Å². The molecule has 2 aromatic carbocycles. The first kappa shape index (κ1) is 26.2. The number of nitrogens with one attached hydrogen (secondary N) is 1. The summed E-state index contributed by atoms with van der Waals surface area (Å²) < 4.78 is 34.0. The fourth-order valence-corrected chi connectivity index (χ4v) is 3.91. The second kappa shape index (κ2) is 12.9. The SMILES string of the molecule is COc1cc(OC)c(/C=C/S(=O)Cc2ccc(OC)c(NC(=O)CCC(=O)Cl)c2)c(OC)c1. The van der Waals surface area contributed by atoms with E-state index in [4.69, 9.17) is 30.5 Å². The summed E-state index contributed by atoms with van der Waals surface area (Å²) in [6, 6.07) is 8.54. The average molecular weight is 496 g/mol. The molecule has 0 saturated carbocycles. The molecule has 0 aliphatic heterocycles. The van der Waals surface area contributed by atoms with Crippen LogP contribution in [0.25, 0.3) is 6.08 Å². The number of halogens is 1. The van der Waals surface area contributed by atoms with E-state index < -0.39 is 16.0 Å². The Morgan fingerprint density at radius 2 is 1.58 bits per heavy atom. The largest absolute Gasteiger partial charge is 0.496 e. The molecule has 2 rings (SSSR count). The zero-order valence-electron chi connectivity index (χ0n) is 18.8. The van der Waals surface area contributed by atoms with Crippen molar-refractivity contribution < 1.29 is 32.7 Å². The van der Waals surface area contributed by atoms with Crippen molar-refractivity contribution >= 4 is 45.3 Å². The van der Waals surface area contributed by atoms with Gasteiger partial charge < -0.3 is 24.3 Å². The zero-order valence-corrected chi connectivity index (χ0v) is 20.4. The molecule has 0 aliphatic carbocycles. The van der Waals surface area contributed by atoms with Crippen LogP contribution in [0.5, 0.6) is 23.0 Å². The van der Waals surface area contributed by atoms with Crippen LogP contribution in [0.3, 0.4) is 0 Å². The summed E-state index contributed by atoms with van der Waals surface area (Å²) in [7, 11) is 4.70. The minimum atomic E-state index is -1.38. The van der Waals surface area contributed by atoms with E-state index in [-0.39, 0.29) is 24.5 Å². The van der Waals surface area contributed by atoms with E-state index >= 15 is 0 Å². The molecule has 0 bridgehead atoms. The van der Waals surface area contributed by atoms with E-state index in [0.717, 1.165) is 5.56 Å². The van der Waals surface area contributed by atoms with Gasteiger partial charge in [0.05, 0.1) is 56.2 Å². The number of hydrogen-bond acceptors (Lipinski definition) is 7. The van der Waals surface area contributed by atoms with E-state index in [1.807, 2.05) is 0 Å². The van der Waals surface area contributed by atoms with Crippen molar-refractivity contribution in [3.8, 4) is 23.0 Å². The highest BCUT2D eigenvalue weighted by atomic mass is 35.5. The highest BCUT2D eigenvalue weighted by Gasteiger charge is 2.13. The van der Waals surface area contributed by atoms with Gasteiger partial charge in [-0.1, -0.05) is 6.07 Å². The smallest absolute Gasteiger partial charge is 0.224 e. The molecule has 8 nitrogen and oxygen atoms in total. The first-order valence-electron chi connectivity index (χ1n) is 9.81. The lowest BCUT2D eigenvalue weighted by atomic mass is 10.1. The van der Waals surface area contributed by atoms with E-state index in [2.05, 4.69) is 5.32 Å². The third-order valence-electron chi connectivity index (χ3n) is 4.54. The minimum absolute atomic E-state index is 0.0457. The predicted molar refractivity (Wildman–Crippen MR) is 129 cm³/mol. The van der Waals surface area contributed by atoms with Crippen LogP contribution >= 0.6 is 11.6 Å². The lowest BCUT2D eigenvalue weighted by molar-refractivity contribution is -0.119. The van der Waals surface area contributed by atoms with E-state index in [9.17, 15) is 13.8 Å². The van der Waals surface area contributed by atoms with Crippen LogP contribution in [-0.2, 0) is 26.1 Å². The van der Waals surface area contributed by atoms with Crippen LogP contribution in [0.2, 0.25) is 0 Å². The Labute approximate surface area is 200 Å². The average Bonchev–Trinajstić information content (AvgIpc) is 2.81. The van der Waals surface area contributed by atoms with Gasteiger partial charge >= 0.3 is 0 Å². The molecule has 0 aromatic heterocycles. The topological polar surface area (TPSA) is 100 Å². The molecule has 2 aromatic rings. The van der Waals surface area contributed by atoms with E-state index in [1.165, 1.54) is 21.3 Å². The Hall–Kier alpha value is -3.04. The number of amides is 1. The Kier molecular flexibility index (Phi) is 10.2. The number of benzene rings is 2. The molecule has 1 atom stereocenters. The van der Waals surface area contributed by atoms with E-state index in [1.54, 1.807) is 48.9 Å². The predicted octanol–water partition coefficient (Wildman–Crippen LogP) is 4.12. The van der Waals surface area contributed by atoms with Crippen LogP contribution in [0.15, 0.2) is 35.7 Å². The summed E-state index contributed by atoms with van der Waals surface area (Å²) in [6.07, 6.45) is 1.56. The molecule has 0 aliphatic rings. The maximum atomic E-state index is 12.7. The van der Waals surface area contributed by atoms with Crippen molar-refractivity contribution in [1.82, 2.24) is 0 Å². The molecule has 1 amide bonds. The number of anilines is 1. The van der Waals surface area contributed by atoms with Gasteiger partial charge in [0, 0.05) is 30.4 Å². The fraction of sp³-hybridized carbons (Fsp3) is 0.304. The number of hydrogen-bond donors (Lipinski definition) is 1. The van der Waals surface area contributed by atoms with Gasteiger partial charge in [0.2, 0.25) is 11.1 Å².